The molecule has 4 heteroatoms. The average molecular weight is 284 g/mol. The van der Waals surface area contributed by atoms with Crippen molar-refractivity contribution in [3.63, 3.8) is 0 Å². The Morgan fingerprint density at radius 1 is 1.19 bits per heavy atom. The molecular formula is C17H20N2O2. The topological polar surface area (TPSA) is 55.6 Å². The largest absolute Gasteiger partial charge is 0.496 e. The molecule has 110 valence electrons. The first-order valence-corrected chi connectivity index (χ1v) is 6.92. The van der Waals surface area contributed by atoms with Gasteiger partial charge in [-0.15, -0.1) is 0 Å². The van der Waals surface area contributed by atoms with Gasteiger partial charge in [-0.3, -0.25) is 4.79 Å². The van der Waals surface area contributed by atoms with Gasteiger partial charge in [0.2, 0.25) is 0 Å². The molecule has 0 saturated heterocycles. The van der Waals surface area contributed by atoms with Crippen molar-refractivity contribution in [2.24, 2.45) is 0 Å². The van der Waals surface area contributed by atoms with Crippen LogP contribution in [0.1, 0.15) is 22.8 Å². The summed E-state index contributed by atoms with van der Waals surface area (Å²) in [5.74, 6) is 0.464. The second-order valence-electron chi connectivity index (χ2n) is 4.76. The number of hydrogen-bond donors (Lipinski definition) is 1. The van der Waals surface area contributed by atoms with Gasteiger partial charge in [0.1, 0.15) is 5.75 Å². The van der Waals surface area contributed by atoms with E-state index in [9.17, 15) is 4.79 Å². The van der Waals surface area contributed by atoms with Gasteiger partial charge in [0.25, 0.3) is 5.91 Å². The Kier molecular flexibility index (Phi) is 4.82. The molecule has 0 bridgehead atoms. The summed E-state index contributed by atoms with van der Waals surface area (Å²) in [6.45, 7) is 3.14. The van der Waals surface area contributed by atoms with Crippen LogP contribution in [0.3, 0.4) is 0 Å². The van der Waals surface area contributed by atoms with Gasteiger partial charge in [0, 0.05) is 18.8 Å². The van der Waals surface area contributed by atoms with Gasteiger partial charge in [-0.25, -0.2) is 0 Å². The third kappa shape index (κ3) is 3.54. The van der Waals surface area contributed by atoms with Crippen LogP contribution in [-0.4, -0.2) is 24.5 Å². The lowest BCUT2D eigenvalue weighted by Crippen LogP contribution is -2.30. The summed E-state index contributed by atoms with van der Waals surface area (Å²) in [6, 6.07) is 15.0. The van der Waals surface area contributed by atoms with Gasteiger partial charge < -0.3 is 15.4 Å². The van der Waals surface area contributed by atoms with Gasteiger partial charge in [-0.1, -0.05) is 30.3 Å². The summed E-state index contributed by atoms with van der Waals surface area (Å²) in [5.41, 5.74) is 7.93. The highest BCUT2D eigenvalue weighted by Gasteiger charge is 2.19. The number of rotatable bonds is 5. The number of nitrogen functional groups attached to an aromatic ring is 1. The number of carbonyl (C=O) groups excluding carboxylic acids is 1. The number of amides is 1. The summed E-state index contributed by atoms with van der Waals surface area (Å²) >= 11 is 0. The lowest BCUT2D eigenvalue weighted by Gasteiger charge is -2.22. The van der Waals surface area contributed by atoms with Crippen LogP contribution in [0, 0.1) is 0 Å². The first-order chi connectivity index (χ1) is 10.2. The Morgan fingerprint density at radius 2 is 1.90 bits per heavy atom. The van der Waals surface area contributed by atoms with Crippen molar-refractivity contribution in [3.8, 4) is 5.75 Å². The highest BCUT2D eigenvalue weighted by atomic mass is 16.5. The monoisotopic (exact) mass is 284 g/mol. The maximum absolute atomic E-state index is 12.7. The first kappa shape index (κ1) is 14.9. The molecule has 1 amide bonds. The summed E-state index contributed by atoms with van der Waals surface area (Å²) in [5, 5.41) is 0. The van der Waals surface area contributed by atoms with Crippen LogP contribution in [0.4, 0.5) is 5.69 Å². The van der Waals surface area contributed by atoms with Crippen LogP contribution >= 0.6 is 0 Å². The number of hydrogen-bond acceptors (Lipinski definition) is 3. The number of benzene rings is 2. The molecule has 21 heavy (non-hydrogen) atoms. The van der Waals surface area contributed by atoms with Crippen LogP contribution in [0.5, 0.6) is 5.75 Å². The molecule has 0 radical (unpaired) electrons. The summed E-state index contributed by atoms with van der Waals surface area (Å²) in [4.78, 5) is 14.5. The molecule has 2 N–H and O–H groups in total. The van der Waals surface area contributed by atoms with Gasteiger partial charge in [0.05, 0.1) is 12.7 Å². The van der Waals surface area contributed by atoms with E-state index in [-0.39, 0.29) is 5.91 Å². The van der Waals surface area contributed by atoms with Gasteiger partial charge in [-0.2, -0.15) is 0 Å². The van der Waals surface area contributed by atoms with Crippen molar-refractivity contribution in [2.75, 3.05) is 19.4 Å². The van der Waals surface area contributed by atoms with E-state index in [1.807, 2.05) is 37.3 Å². The molecule has 4 nitrogen and oxygen atoms in total. The minimum absolute atomic E-state index is 0.0782. The molecule has 2 aromatic carbocycles. The van der Waals surface area contributed by atoms with Crippen LogP contribution in [0.2, 0.25) is 0 Å². The zero-order chi connectivity index (χ0) is 15.2. The van der Waals surface area contributed by atoms with Crippen LogP contribution in [0.15, 0.2) is 48.5 Å². The fourth-order valence-corrected chi connectivity index (χ4v) is 2.19. The van der Waals surface area contributed by atoms with Gasteiger partial charge in [-0.05, 0) is 30.7 Å². The smallest absolute Gasteiger partial charge is 0.257 e. The summed E-state index contributed by atoms with van der Waals surface area (Å²) in [7, 11) is 1.55. The standard InChI is InChI=1S/C17H20N2O2/c1-3-19(12-13-7-5-4-6-8-13)17(20)15-11-14(18)9-10-16(15)21-2/h4-11H,3,12,18H2,1-2H3. The number of nitrogens with zero attached hydrogens (tertiary/aromatic N) is 1. The molecule has 0 heterocycles. The van der Waals surface area contributed by atoms with E-state index >= 15 is 0 Å². The van der Waals surface area contributed by atoms with E-state index < -0.39 is 0 Å². The van der Waals surface area contributed by atoms with Crippen LogP contribution in [0.25, 0.3) is 0 Å². The SMILES string of the molecule is CCN(Cc1ccccc1)C(=O)c1cc(N)ccc1OC. The number of anilines is 1. The number of carbonyl (C=O) groups is 1. The molecule has 0 aliphatic rings. The Bertz CT molecular complexity index is 611. The molecule has 0 fully saturated rings. The number of methoxy groups -OCH3 is 1. The minimum Gasteiger partial charge on any atom is -0.496 e. The van der Waals surface area contributed by atoms with E-state index in [4.69, 9.17) is 10.5 Å². The number of nitrogens with two attached hydrogens (primary N) is 1. The van der Waals surface area contributed by atoms with E-state index in [1.54, 1.807) is 30.2 Å². The normalized spacial score (nSPS) is 10.2. The van der Waals surface area contributed by atoms with Gasteiger partial charge >= 0.3 is 0 Å². The lowest BCUT2D eigenvalue weighted by molar-refractivity contribution is 0.0749. The Morgan fingerprint density at radius 3 is 2.52 bits per heavy atom. The Balaban J connectivity index is 2.26. The summed E-state index contributed by atoms with van der Waals surface area (Å²) < 4.78 is 5.26. The molecule has 0 aromatic heterocycles. The zero-order valence-electron chi connectivity index (χ0n) is 12.4. The summed E-state index contributed by atoms with van der Waals surface area (Å²) in [6.07, 6.45) is 0. The maximum Gasteiger partial charge on any atom is 0.257 e. The van der Waals surface area contributed by atoms with Crippen molar-refractivity contribution in [1.29, 1.82) is 0 Å². The first-order valence-electron chi connectivity index (χ1n) is 6.92. The zero-order valence-corrected chi connectivity index (χ0v) is 12.4. The Labute approximate surface area is 125 Å². The fraction of sp³-hybridized carbons (Fsp3) is 0.235. The average Bonchev–Trinajstić information content (AvgIpc) is 2.53. The van der Waals surface area contributed by atoms with Crippen LogP contribution in [-0.2, 0) is 6.54 Å². The van der Waals surface area contributed by atoms with Crippen LogP contribution < -0.4 is 10.5 Å². The molecule has 0 aliphatic heterocycles. The maximum atomic E-state index is 12.7. The molecule has 2 aromatic rings. The minimum atomic E-state index is -0.0782. The van der Waals surface area contributed by atoms with Gasteiger partial charge in [0.15, 0.2) is 0 Å². The van der Waals surface area contributed by atoms with Crippen molar-refractivity contribution < 1.29 is 9.53 Å². The van der Waals surface area contributed by atoms with E-state index in [0.717, 1.165) is 5.56 Å². The van der Waals surface area contributed by atoms with Crippen molar-refractivity contribution in [2.45, 2.75) is 13.5 Å². The predicted octanol–water partition coefficient (Wildman–Crippen LogP) is 2.94. The van der Waals surface area contributed by atoms with E-state index in [0.29, 0.717) is 30.1 Å². The van der Waals surface area contributed by atoms with Crippen molar-refractivity contribution in [1.82, 2.24) is 4.90 Å². The highest BCUT2D eigenvalue weighted by Crippen LogP contribution is 2.23. The molecule has 0 atom stereocenters. The number of ether oxygens (including phenoxy) is 1. The quantitative estimate of drug-likeness (QED) is 0.859. The second-order valence-corrected chi connectivity index (χ2v) is 4.76. The lowest BCUT2D eigenvalue weighted by atomic mass is 10.1. The van der Waals surface area contributed by atoms with E-state index in [1.165, 1.54) is 0 Å². The third-order valence-electron chi connectivity index (χ3n) is 3.34. The Hall–Kier alpha value is -2.49. The third-order valence-corrected chi connectivity index (χ3v) is 3.34. The second kappa shape index (κ2) is 6.79. The molecular weight excluding hydrogens is 264 g/mol. The predicted molar refractivity (Wildman–Crippen MR) is 84.3 cm³/mol. The van der Waals surface area contributed by atoms with Crippen molar-refractivity contribution in [3.05, 3.63) is 59.7 Å². The molecule has 0 aliphatic carbocycles. The van der Waals surface area contributed by atoms with E-state index in [2.05, 4.69) is 0 Å². The molecule has 2 rings (SSSR count). The highest BCUT2D eigenvalue weighted by molar-refractivity contribution is 5.97. The molecule has 0 saturated carbocycles. The fourth-order valence-electron chi connectivity index (χ4n) is 2.19. The molecule has 0 unspecified atom stereocenters. The molecule has 0 spiro atoms. The van der Waals surface area contributed by atoms with Crippen molar-refractivity contribution >= 4 is 11.6 Å².